The van der Waals surface area contributed by atoms with Crippen molar-refractivity contribution in [3.63, 3.8) is 0 Å². The minimum atomic E-state index is -4.96. The third-order valence-electron chi connectivity index (χ3n) is 6.36. The van der Waals surface area contributed by atoms with Crippen molar-refractivity contribution in [2.24, 2.45) is 0 Å². The summed E-state index contributed by atoms with van der Waals surface area (Å²) < 4.78 is 45.5. The molecule has 0 spiro atoms. The molecule has 0 amide bonds. The highest BCUT2D eigenvalue weighted by Crippen LogP contribution is 2.51. The summed E-state index contributed by atoms with van der Waals surface area (Å²) >= 11 is 12.4. The molecule has 1 heterocycles. The van der Waals surface area contributed by atoms with Gasteiger partial charge in [0.15, 0.2) is 10.5 Å². The first-order valence-electron chi connectivity index (χ1n) is 9.98. The van der Waals surface area contributed by atoms with E-state index in [4.69, 9.17) is 32.7 Å². The van der Waals surface area contributed by atoms with Gasteiger partial charge in [0.1, 0.15) is 17.1 Å². The van der Waals surface area contributed by atoms with Crippen LogP contribution in [0.1, 0.15) is 35.7 Å². The second-order valence-electron chi connectivity index (χ2n) is 7.66. The van der Waals surface area contributed by atoms with Crippen molar-refractivity contribution in [3.8, 4) is 11.5 Å². The molecule has 1 saturated heterocycles. The molecule has 2 aromatic rings. The number of ether oxygens (including phenoxy) is 2. The van der Waals surface area contributed by atoms with Gasteiger partial charge in [0.05, 0.1) is 24.3 Å². The van der Waals surface area contributed by atoms with Crippen LogP contribution < -0.4 is 14.8 Å². The first-order valence-corrected chi connectivity index (χ1v) is 12.2. The highest BCUT2D eigenvalue weighted by molar-refractivity contribution is 7.88. The zero-order chi connectivity index (χ0) is 23.7. The standard InChI is InChI=1S/C22H25Cl2NO6S/c1-4-22(32(27,28)29,20(26)19-17(30-2)6-5-7-18(19)31-3)21(10-11-25-13-21)14-8-9-15(23)16(24)12-14/h5-9,12,25H,4,10-11,13H2,1-3H3,(H,27,28,29). The highest BCUT2D eigenvalue weighted by atomic mass is 35.5. The minimum Gasteiger partial charge on any atom is -0.496 e. The molecule has 10 heteroatoms. The molecule has 1 fully saturated rings. The topological polar surface area (TPSA) is 102 Å². The maximum atomic E-state index is 14.2. The van der Waals surface area contributed by atoms with E-state index in [0.29, 0.717) is 17.1 Å². The van der Waals surface area contributed by atoms with Gasteiger partial charge in [-0.1, -0.05) is 42.3 Å². The number of carbonyl (C=O) groups is 1. The molecule has 3 rings (SSSR count). The second-order valence-corrected chi connectivity index (χ2v) is 10.1. The maximum Gasteiger partial charge on any atom is 0.279 e. The van der Waals surface area contributed by atoms with Crippen molar-refractivity contribution >= 4 is 39.1 Å². The van der Waals surface area contributed by atoms with Crippen LogP contribution in [0.25, 0.3) is 0 Å². The predicted molar refractivity (Wildman–Crippen MR) is 124 cm³/mol. The van der Waals surface area contributed by atoms with Crippen LogP contribution in [0, 0.1) is 0 Å². The summed E-state index contributed by atoms with van der Waals surface area (Å²) in [6.45, 7) is 2.13. The molecule has 1 aliphatic heterocycles. The van der Waals surface area contributed by atoms with Crippen molar-refractivity contribution in [2.45, 2.75) is 29.9 Å². The van der Waals surface area contributed by atoms with Crippen LogP contribution in [0.5, 0.6) is 11.5 Å². The summed E-state index contributed by atoms with van der Waals surface area (Å²) in [6, 6.07) is 9.46. The Labute approximate surface area is 197 Å². The van der Waals surface area contributed by atoms with Crippen LogP contribution in [0.2, 0.25) is 10.0 Å². The van der Waals surface area contributed by atoms with Crippen LogP contribution in [0.3, 0.4) is 0 Å². The lowest BCUT2D eigenvalue weighted by molar-refractivity contribution is 0.0862. The SMILES string of the molecule is CCC(C(=O)c1c(OC)cccc1OC)(C1(c2ccc(Cl)c(Cl)c2)CCNC1)S(=O)(=O)O. The largest absolute Gasteiger partial charge is 0.496 e. The average Bonchev–Trinajstić information content (AvgIpc) is 3.25. The summed E-state index contributed by atoms with van der Waals surface area (Å²) in [4.78, 5) is 14.2. The van der Waals surface area contributed by atoms with E-state index in [-0.39, 0.29) is 41.5 Å². The number of Topliss-reactive ketones (excluding diaryl/α,β-unsaturated/α-hetero) is 1. The van der Waals surface area contributed by atoms with Gasteiger partial charge >= 0.3 is 0 Å². The summed E-state index contributed by atoms with van der Waals surface area (Å²) in [5.74, 6) is -0.524. The van der Waals surface area contributed by atoms with Crippen LogP contribution in [-0.4, -0.2) is 50.8 Å². The van der Waals surface area contributed by atoms with E-state index in [1.54, 1.807) is 43.3 Å². The Hall–Kier alpha value is -1.84. The number of nitrogens with one attached hydrogen (secondary N) is 1. The Morgan fingerprint density at radius 3 is 2.22 bits per heavy atom. The van der Waals surface area contributed by atoms with E-state index < -0.39 is 26.1 Å². The maximum absolute atomic E-state index is 14.2. The molecule has 0 bridgehead atoms. The molecule has 2 N–H and O–H groups in total. The van der Waals surface area contributed by atoms with Crippen LogP contribution in [0.4, 0.5) is 0 Å². The van der Waals surface area contributed by atoms with Crippen molar-refractivity contribution in [3.05, 3.63) is 57.6 Å². The van der Waals surface area contributed by atoms with E-state index in [1.165, 1.54) is 14.2 Å². The molecular weight excluding hydrogens is 477 g/mol. The number of rotatable bonds is 8. The van der Waals surface area contributed by atoms with Crippen LogP contribution >= 0.6 is 23.2 Å². The molecule has 2 aromatic carbocycles. The van der Waals surface area contributed by atoms with Crippen molar-refractivity contribution in [2.75, 3.05) is 27.3 Å². The second kappa shape index (κ2) is 9.19. The molecule has 0 aromatic heterocycles. The van der Waals surface area contributed by atoms with Crippen molar-refractivity contribution in [1.29, 1.82) is 0 Å². The van der Waals surface area contributed by atoms with Gasteiger partial charge in [-0.15, -0.1) is 0 Å². The monoisotopic (exact) mass is 501 g/mol. The van der Waals surface area contributed by atoms with Gasteiger partial charge in [0.2, 0.25) is 0 Å². The van der Waals surface area contributed by atoms with Gasteiger partial charge in [-0.05, 0) is 49.2 Å². The zero-order valence-corrected chi connectivity index (χ0v) is 20.3. The molecule has 174 valence electrons. The third-order valence-corrected chi connectivity index (χ3v) is 8.85. The van der Waals surface area contributed by atoms with Gasteiger partial charge in [-0.3, -0.25) is 9.35 Å². The molecule has 2 unspecified atom stereocenters. The predicted octanol–water partition coefficient (Wildman–Crippen LogP) is 4.16. The van der Waals surface area contributed by atoms with Gasteiger partial charge in [-0.2, -0.15) is 8.42 Å². The lowest BCUT2D eigenvalue weighted by atomic mass is 9.65. The molecular formula is C22H25Cl2NO6S. The third kappa shape index (κ3) is 3.68. The first kappa shape index (κ1) is 24.8. The minimum absolute atomic E-state index is 0.0525. The molecule has 0 radical (unpaired) electrons. The highest BCUT2D eigenvalue weighted by Gasteiger charge is 2.65. The molecule has 7 nitrogen and oxygen atoms in total. The van der Waals surface area contributed by atoms with E-state index >= 15 is 0 Å². The van der Waals surface area contributed by atoms with Gasteiger partial charge in [0, 0.05) is 12.0 Å². The number of hydrogen-bond acceptors (Lipinski definition) is 6. The van der Waals surface area contributed by atoms with E-state index in [2.05, 4.69) is 5.32 Å². The van der Waals surface area contributed by atoms with E-state index in [1.807, 2.05) is 0 Å². The first-order chi connectivity index (χ1) is 15.1. The van der Waals surface area contributed by atoms with E-state index in [9.17, 15) is 17.8 Å². The fourth-order valence-electron chi connectivity index (χ4n) is 4.85. The smallest absolute Gasteiger partial charge is 0.279 e. The van der Waals surface area contributed by atoms with Crippen LogP contribution in [-0.2, 0) is 15.5 Å². The lowest BCUT2D eigenvalue weighted by Crippen LogP contribution is -2.62. The summed E-state index contributed by atoms with van der Waals surface area (Å²) in [5, 5.41) is 3.67. The number of halogens is 2. The summed E-state index contributed by atoms with van der Waals surface area (Å²) in [5.41, 5.74) is -0.895. The Morgan fingerprint density at radius 2 is 1.78 bits per heavy atom. The number of benzene rings is 2. The normalized spacial score (nSPS) is 20.6. The zero-order valence-electron chi connectivity index (χ0n) is 17.9. The van der Waals surface area contributed by atoms with Gasteiger partial charge < -0.3 is 14.8 Å². The van der Waals surface area contributed by atoms with Crippen molar-refractivity contribution in [1.82, 2.24) is 5.32 Å². The summed E-state index contributed by atoms with van der Waals surface area (Å²) in [7, 11) is -2.22. The van der Waals surface area contributed by atoms with Crippen LogP contribution in [0.15, 0.2) is 36.4 Å². The number of ketones is 1. The van der Waals surface area contributed by atoms with Gasteiger partial charge in [-0.25, -0.2) is 0 Å². The number of methoxy groups -OCH3 is 2. The lowest BCUT2D eigenvalue weighted by Gasteiger charge is -2.45. The molecule has 2 atom stereocenters. The molecule has 0 aliphatic carbocycles. The average molecular weight is 502 g/mol. The molecule has 32 heavy (non-hydrogen) atoms. The van der Waals surface area contributed by atoms with E-state index in [0.717, 1.165) is 0 Å². The van der Waals surface area contributed by atoms with Crippen molar-refractivity contribution < 1.29 is 27.2 Å². The Morgan fingerprint density at radius 1 is 1.16 bits per heavy atom. The number of hydrogen-bond donors (Lipinski definition) is 2. The molecule has 0 saturated carbocycles. The van der Waals surface area contributed by atoms with Gasteiger partial charge in [0.25, 0.3) is 10.1 Å². The summed E-state index contributed by atoms with van der Waals surface area (Å²) in [6.07, 6.45) is 0.0651. The Kier molecular flexibility index (Phi) is 7.12. The Balaban J connectivity index is 2.41. The fourth-order valence-corrected chi connectivity index (χ4v) is 6.63. The molecule has 1 aliphatic rings. The fraction of sp³-hybridized carbons (Fsp3) is 0.409. The Bertz CT molecular complexity index is 1110. The quantitative estimate of drug-likeness (QED) is 0.413. The number of carbonyl (C=O) groups excluding carboxylic acids is 1.